The number of carbonyl (C=O) groups excluding carboxylic acids is 2. The summed E-state index contributed by atoms with van der Waals surface area (Å²) >= 11 is 0. The summed E-state index contributed by atoms with van der Waals surface area (Å²) in [7, 11) is 1.61. The molecule has 32 heavy (non-hydrogen) atoms. The van der Waals surface area contributed by atoms with Gasteiger partial charge < -0.3 is 19.9 Å². The van der Waals surface area contributed by atoms with Gasteiger partial charge in [0.1, 0.15) is 24.0 Å². The lowest BCUT2D eigenvalue weighted by Crippen LogP contribution is -2.28. The lowest BCUT2D eigenvalue weighted by atomic mass is 10.1. The molecule has 0 aliphatic carbocycles. The van der Waals surface area contributed by atoms with Crippen LogP contribution in [0.5, 0.6) is 0 Å². The van der Waals surface area contributed by atoms with Crippen LogP contribution in [0.15, 0.2) is 60.3 Å². The standard InChI is InChI=1S/C24H23FN4O3/c1-32-12-6-11-27-23(30)16-29-15-18(19-7-2-5-10-22(19)29)13-17(14-26)24(31)28-21-9-4-3-8-20(21)25/h2-5,7-10,13,15H,6,11-12,16H2,1H3,(H,27,30)(H,28,31). The van der Waals surface area contributed by atoms with Gasteiger partial charge in [0.25, 0.3) is 5.91 Å². The number of para-hydroxylation sites is 2. The molecule has 0 aliphatic rings. The SMILES string of the molecule is COCCCNC(=O)Cn1cc(C=C(C#N)C(=O)Nc2ccccc2F)c2ccccc21. The van der Waals surface area contributed by atoms with Gasteiger partial charge in [0, 0.05) is 42.9 Å². The molecule has 1 heterocycles. The number of aromatic nitrogens is 1. The quantitative estimate of drug-likeness (QED) is 0.306. The Kier molecular flexibility index (Phi) is 7.73. The van der Waals surface area contributed by atoms with E-state index >= 15 is 0 Å². The van der Waals surface area contributed by atoms with E-state index in [0.717, 1.165) is 10.9 Å². The lowest BCUT2D eigenvalue weighted by molar-refractivity contribution is -0.121. The number of nitrogens with one attached hydrogen (secondary N) is 2. The molecule has 164 valence electrons. The summed E-state index contributed by atoms with van der Waals surface area (Å²) in [5, 5.41) is 15.6. The first kappa shape index (κ1) is 22.7. The van der Waals surface area contributed by atoms with Crippen LogP contribution in [0.4, 0.5) is 10.1 Å². The number of anilines is 1. The average molecular weight is 434 g/mol. The lowest BCUT2D eigenvalue weighted by Gasteiger charge is -2.07. The van der Waals surface area contributed by atoms with Crippen LogP contribution in [0.1, 0.15) is 12.0 Å². The maximum atomic E-state index is 13.8. The molecule has 0 spiro atoms. The van der Waals surface area contributed by atoms with E-state index in [1.54, 1.807) is 23.9 Å². The van der Waals surface area contributed by atoms with E-state index < -0.39 is 11.7 Å². The molecule has 0 aliphatic heterocycles. The van der Waals surface area contributed by atoms with Crippen LogP contribution in [-0.4, -0.2) is 36.6 Å². The topological polar surface area (TPSA) is 96.2 Å². The summed E-state index contributed by atoms with van der Waals surface area (Å²) in [6, 6.07) is 15.0. The van der Waals surface area contributed by atoms with Crippen molar-refractivity contribution in [2.75, 3.05) is 25.6 Å². The Morgan fingerprint density at radius 1 is 1.19 bits per heavy atom. The Morgan fingerprint density at radius 3 is 2.69 bits per heavy atom. The van der Waals surface area contributed by atoms with Crippen LogP contribution in [-0.2, 0) is 20.9 Å². The van der Waals surface area contributed by atoms with Crippen molar-refractivity contribution in [1.29, 1.82) is 5.26 Å². The summed E-state index contributed by atoms with van der Waals surface area (Å²) in [6.07, 6.45) is 3.87. The minimum Gasteiger partial charge on any atom is -0.385 e. The fraction of sp³-hybridized carbons (Fsp3) is 0.208. The van der Waals surface area contributed by atoms with Crippen LogP contribution >= 0.6 is 0 Å². The van der Waals surface area contributed by atoms with Gasteiger partial charge in [-0.05, 0) is 30.7 Å². The summed E-state index contributed by atoms with van der Waals surface area (Å²) < 4.78 is 20.6. The fourth-order valence-corrected chi connectivity index (χ4v) is 3.23. The highest BCUT2D eigenvalue weighted by Gasteiger charge is 2.15. The van der Waals surface area contributed by atoms with E-state index in [-0.39, 0.29) is 23.7 Å². The summed E-state index contributed by atoms with van der Waals surface area (Å²) in [5.74, 6) is -1.47. The molecule has 3 aromatic rings. The highest BCUT2D eigenvalue weighted by Crippen LogP contribution is 2.24. The number of nitrogens with zero attached hydrogens (tertiary/aromatic N) is 2. The summed E-state index contributed by atoms with van der Waals surface area (Å²) in [4.78, 5) is 24.9. The third-order valence-corrected chi connectivity index (χ3v) is 4.77. The van der Waals surface area contributed by atoms with E-state index in [9.17, 15) is 19.2 Å². The van der Waals surface area contributed by atoms with Crippen LogP contribution in [0.25, 0.3) is 17.0 Å². The van der Waals surface area contributed by atoms with Gasteiger partial charge in [-0.25, -0.2) is 4.39 Å². The van der Waals surface area contributed by atoms with Gasteiger partial charge >= 0.3 is 0 Å². The second-order valence-corrected chi connectivity index (χ2v) is 7.03. The maximum absolute atomic E-state index is 13.8. The van der Waals surface area contributed by atoms with Crippen molar-refractivity contribution in [3.8, 4) is 6.07 Å². The number of fused-ring (bicyclic) bond motifs is 1. The van der Waals surface area contributed by atoms with Crippen molar-refractivity contribution in [1.82, 2.24) is 9.88 Å². The van der Waals surface area contributed by atoms with Gasteiger partial charge in [-0.2, -0.15) is 5.26 Å². The Balaban J connectivity index is 1.83. The van der Waals surface area contributed by atoms with Crippen molar-refractivity contribution in [3.63, 3.8) is 0 Å². The molecule has 0 fully saturated rings. The Bertz CT molecular complexity index is 1190. The third kappa shape index (κ3) is 5.59. The largest absolute Gasteiger partial charge is 0.385 e. The van der Waals surface area contributed by atoms with Gasteiger partial charge in [0.05, 0.1) is 5.69 Å². The summed E-state index contributed by atoms with van der Waals surface area (Å²) in [5.41, 5.74) is 1.21. The molecule has 0 saturated heterocycles. The number of benzene rings is 2. The van der Waals surface area contributed by atoms with Crippen LogP contribution in [0.3, 0.4) is 0 Å². The highest BCUT2D eigenvalue weighted by molar-refractivity contribution is 6.10. The monoisotopic (exact) mass is 434 g/mol. The second kappa shape index (κ2) is 10.9. The van der Waals surface area contributed by atoms with Crippen LogP contribution in [0.2, 0.25) is 0 Å². The third-order valence-electron chi connectivity index (χ3n) is 4.77. The van der Waals surface area contributed by atoms with Gasteiger partial charge in [0.15, 0.2) is 0 Å². The molecular formula is C24H23FN4O3. The normalized spacial score (nSPS) is 11.2. The first-order chi connectivity index (χ1) is 15.5. The number of rotatable bonds is 9. The first-order valence-electron chi connectivity index (χ1n) is 10.0. The number of nitriles is 1. The molecule has 8 heteroatoms. The van der Waals surface area contributed by atoms with E-state index in [1.165, 1.54) is 24.3 Å². The van der Waals surface area contributed by atoms with E-state index in [0.29, 0.717) is 25.1 Å². The van der Waals surface area contributed by atoms with Crippen molar-refractivity contribution in [2.45, 2.75) is 13.0 Å². The molecule has 2 amide bonds. The van der Waals surface area contributed by atoms with E-state index in [1.807, 2.05) is 30.3 Å². The predicted octanol–water partition coefficient (Wildman–Crippen LogP) is 3.48. The van der Waals surface area contributed by atoms with Crippen molar-refractivity contribution in [3.05, 3.63) is 71.7 Å². The minimum atomic E-state index is -0.717. The molecule has 0 bridgehead atoms. The number of halogens is 1. The average Bonchev–Trinajstić information content (AvgIpc) is 3.13. The van der Waals surface area contributed by atoms with Crippen molar-refractivity contribution >= 4 is 34.5 Å². The molecule has 0 atom stereocenters. The molecule has 1 aromatic heterocycles. The number of methoxy groups -OCH3 is 1. The molecule has 2 aromatic carbocycles. The van der Waals surface area contributed by atoms with E-state index in [2.05, 4.69) is 10.6 Å². The van der Waals surface area contributed by atoms with Crippen LogP contribution < -0.4 is 10.6 Å². The van der Waals surface area contributed by atoms with Gasteiger partial charge in [-0.15, -0.1) is 0 Å². The fourth-order valence-electron chi connectivity index (χ4n) is 3.23. The number of hydrogen-bond donors (Lipinski definition) is 2. The Labute approximate surface area is 185 Å². The van der Waals surface area contributed by atoms with Crippen LogP contribution in [0, 0.1) is 17.1 Å². The van der Waals surface area contributed by atoms with Gasteiger partial charge in [-0.3, -0.25) is 9.59 Å². The summed E-state index contributed by atoms with van der Waals surface area (Å²) in [6.45, 7) is 1.16. The second-order valence-electron chi connectivity index (χ2n) is 7.03. The highest BCUT2D eigenvalue weighted by atomic mass is 19.1. The number of amides is 2. The first-order valence-corrected chi connectivity index (χ1v) is 10.0. The molecule has 2 N–H and O–H groups in total. The molecule has 0 radical (unpaired) electrons. The molecule has 3 rings (SSSR count). The number of carbonyl (C=O) groups is 2. The predicted molar refractivity (Wildman–Crippen MR) is 120 cm³/mol. The minimum absolute atomic E-state index is 0.00813. The number of hydrogen-bond acceptors (Lipinski definition) is 4. The van der Waals surface area contributed by atoms with E-state index in [4.69, 9.17) is 4.74 Å². The number of ether oxygens (including phenoxy) is 1. The Morgan fingerprint density at radius 2 is 1.94 bits per heavy atom. The molecule has 7 nitrogen and oxygen atoms in total. The zero-order valence-corrected chi connectivity index (χ0v) is 17.6. The molecule has 0 saturated carbocycles. The Hall–Kier alpha value is -3.96. The zero-order chi connectivity index (χ0) is 22.9. The molecule has 0 unspecified atom stereocenters. The smallest absolute Gasteiger partial charge is 0.266 e. The van der Waals surface area contributed by atoms with Crippen molar-refractivity contribution < 1.29 is 18.7 Å². The van der Waals surface area contributed by atoms with Gasteiger partial charge in [0.2, 0.25) is 5.91 Å². The maximum Gasteiger partial charge on any atom is 0.266 e. The van der Waals surface area contributed by atoms with Crippen molar-refractivity contribution in [2.24, 2.45) is 0 Å². The zero-order valence-electron chi connectivity index (χ0n) is 17.6. The molecular weight excluding hydrogens is 411 g/mol. The van der Waals surface area contributed by atoms with Gasteiger partial charge in [-0.1, -0.05) is 30.3 Å².